The second-order valence-corrected chi connectivity index (χ2v) is 5.68. The molecule has 1 amide bonds. The maximum atomic E-state index is 12.0. The van der Waals surface area contributed by atoms with Crippen LogP contribution >= 0.6 is 0 Å². The molecular weight excluding hydrogens is 380 g/mol. The van der Waals surface area contributed by atoms with Gasteiger partial charge in [-0.2, -0.15) is 0 Å². The van der Waals surface area contributed by atoms with Gasteiger partial charge in [-0.1, -0.05) is 30.3 Å². The zero-order valence-electron chi connectivity index (χ0n) is 16.0. The minimum atomic E-state index is -1.82. The third kappa shape index (κ3) is 8.22. The van der Waals surface area contributed by atoms with Crippen molar-refractivity contribution in [1.82, 2.24) is 5.32 Å². The minimum Gasteiger partial charge on any atom is -0.496 e. The highest BCUT2D eigenvalue weighted by Gasteiger charge is 2.09. The van der Waals surface area contributed by atoms with E-state index in [9.17, 15) is 9.59 Å². The van der Waals surface area contributed by atoms with Crippen molar-refractivity contribution in [2.24, 2.45) is 0 Å². The van der Waals surface area contributed by atoms with E-state index in [0.29, 0.717) is 17.8 Å². The molecule has 29 heavy (non-hydrogen) atoms. The first-order valence-electron chi connectivity index (χ1n) is 8.44. The summed E-state index contributed by atoms with van der Waals surface area (Å²) >= 11 is 0. The molecule has 0 aliphatic heterocycles. The first kappa shape index (κ1) is 23.3. The van der Waals surface area contributed by atoms with E-state index >= 15 is 0 Å². The number of rotatable bonds is 7. The van der Waals surface area contributed by atoms with Gasteiger partial charge in [0.25, 0.3) is 0 Å². The van der Waals surface area contributed by atoms with Crippen molar-refractivity contribution < 1.29 is 34.1 Å². The Balaban J connectivity index is 0.000000612. The first-order valence-corrected chi connectivity index (χ1v) is 8.44. The predicted octanol–water partition coefficient (Wildman–Crippen LogP) is 1.78. The molecule has 0 aromatic heterocycles. The first-order chi connectivity index (χ1) is 13.8. The van der Waals surface area contributed by atoms with E-state index in [1.54, 1.807) is 31.4 Å². The monoisotopic (exact) mass is 402 g/mol. The van der Waals surface area contributed by atoms with Crippen molar-refractivity contribution in [3.05, 3.63) is 59.7 Å². The second-order valence-electron chi connectivity index (χ2n) is 5.68. The van der Waals surface area contributed by atoms with Gasteiger partial charge in [-0.25, -0.2) is 9.59 Å². The lowest BCUT2D eigenvalue weighted by atomic mass is 10.1. The fourth-order valence-corrected chi connectivity index (χ4v) is 2.25. The number of hydrogen-bond donors (Lipinski definition) is 4. The molecule has 0 fully saturated rings. The maximum Gasteiger partial charge on any atom is 0.414 e. The number of methoxy groups -OCH3 is 1. The Labute approximate surface area is 167 Å². The quantitative estimate of drug-likeness (QED) is 0.406. The molecule has 2 aromatic carbocycles. The number of carboxylic acids is 2. The van der Waals surface area contributed by atoms with Gasteiger partial charge in [0, 0.05) is 17.7 Å². The van der Waals surface area contributed by atoms with Crippen LogP contribution < -0.4 is 15.4 Å². The lowest BCUT2D eigenvalue weighted by Gasteiger charge is -2.11. The van der Waals surface area contributed by atoms with Crippen LogP contribution in [0.25, 0.3) is 0 Å². The fourth-order valence-electron chi connectivity index (χ4n) is 2.25. The number of carbonyl (C=O) groups excluding carboxylic acids is 2. The third-order valence-corrected chi connectivity index (χ3v) is 3.56. The molecule has 0 unspecified atom stereocenters. The number of anilines is 1. The van der Waals surface area contributed by atoms with Crippen LogP contribution in [0.5, 0.6) is 5.75 Å². The number of nitrogens with one attached hydrogen (secondary N) is 2. The van der Waals surface area contributed by atoms with E-state index in [0.717, 1.165) is 11.3 Å². The Bertz CT molecular complexity index is 869. The Morgan fingerprint density at radius 2 is 1.52 bits per heavy atom. The average molecular weight is 402 g/mol. The zero-order chi connectivity index (χ0) is 21.8. The van der Waals surface area contributed by atoms with Gasteiger partial charge in [0.05, 0.1) is 19.3 Å². The summed E-state index contributed by atoms with van der Waals surface area (Å²) in [6.07, 6.45) is 0. The number of carbonyl (C=O) groups is 4. The number of carboxylic acid groups (broad SMARTS) is 2. The molecule has 4 N–H and O–H groups in total. The van der Waals surface area contributed by atoms with Crippen LogP contribution in [0.2, 0.25) is 0 Å². The van der Waals surface area contributed by atoms with E-state index in [-0.39, 0.29) is 18.2 Å². The number of aliphatic carboxylic acids is 2. The second kappa shape index (κ2) is 11.9. The van der Waals surface area contributed by atoms with Gasteiger partial charge in [0.1, 0.15) is 5.75 Å². The van der Waals surface area contributed by atoms with Gasteiger partial charge in [-0.05, 0) is 25.1 Å². The van der Waals surface area contributed by atoms with Crippen LogP contribution in [0.4, 0.5) is 5.69 Å². The summed E-state index contributed by atoms with van der Waals surface area (Å²) in [5, 5.41) is 20.6. The normalized spacial score (nSPS) is 9.59. The summed E-state index contributed by atoms with van der Waals surface area (Å²) in [5.41, 5.74) is 2.02. The molecule has 0 saturated heterocycles. The molecule has 154 valence electrons. The number of hydrogen-bond acceptors (Lipinski definition) is 6. The summed E-state index contributed by atoms with van der Waals surface area (Å²) in [6.45, 7) is 2.14. The van der Waals surface area contributed by atoms with Crippen molar-refractivity contribution in [2.75, 3.05) is 19.0 Å². The molecule has 0 saturated carbocycles. The highest BCUT2D eigenvalue weighted by Crippen LogP contribution is 2.17. The molecule has 0 aliphatic rings. The molecule has 0 heterocycles. The molecule has 9 nitrogen and oxygen atoms in total. The molecule has 0 atom stereocenters. The minimum absolute atomic E-state index is 0.0807. The number of ketones is 1. The topological polar surface area (TPSA) is 142 Å². The summed E-state index contributed by atoms with van der Waals surface area (Å²) < 4.78 is 5.26. The Hall–Kier alpha value is -3.72. The largest absolute Gasteiger partial charge is 0.496 e. The number of ether oxygens (including phenoxy) is 1. The number of Topliss-reactive ketones (excluding diaryl/α,β-unsaturated/α-hetero) is 1. The lowest BCUT2D eigenvalue weighted by Crippen LogP contribution is -2.28. The molecule has 2 aromatic rings. The highest BCUT2D eigenvalue weighted by molar-refractivity contribution is 6.27. The standard InChI is InChI=1S/C18H20N2O3.C2H2O4/c1-13(21)15-8-4-5-9-16(15)20-18(22)12-19-11-14-7-3-6-10-17(14)23-2;3-1(4)2(5)6/h3-10,19H,11-12H2,1-2H3,(H,20,22);(H,3,4)(H,5,6). The van der Waals surface area contributed by atoms with Crippen molar-refractivity contribution in [1.29, 1.82) is 0 Å². The van der Waals surface area contributed by atoms with Crippen molar-refractivity contribution >= 4 is 29.3 Å². The van der Waals surface area contributed by atoms with Crippen LogP contribution in [0.1, 0.15) is 22.8 Å². The average Bonchev–Trinajstić information content (AvgIpc) is 2.69. The predicted molar refractivity (Wildman–Crippen MR) is 105 cm³/mol. The van der Waals surface area contributed by atoms with E-state index < -0.39 is 11.9 Å². The molecular formula is C20H22N2O7. The lowest BCUT2D eigenvalue weighted by molar-refractivity contribution is -0.159. The highest BCUT2D eigenvalue weighted by atomic mass is 16.5. The van der Waals surface area contributed by atoms with Gasteiger partial charge in [-0.3, -0.25) is 9.59 Å². The van der Waals surface area contributed by atoms with Gasteiger partial charge in [-0.15, -0.1) is 0 Å². The summed E-state index contributed by atoms with van der Waals surface area (Å²) in [7, 11) is 1.62. The Morgan fingerprint density at radius 1 is 0.931 bits per heavy atom. The number of benzene rings is 2. The van der Waals surface area contributed by atoms with E-state index in [1.165, 1.54) is 6.92 Å². The molecule has 0 aliphatic carbocycles. The van der Waals surface area contributed by atoms with E-state index in [1.807, 2.05) is 24.3 Å². The van der Waals surface area contributed by atoms with Crippen LogP contribution in [0.15, 0.2) is 48.5 Å². The summed E-state index contributed by atoms with van der Waals surface area (Å²) in [4.78, 5) is 41.8. The molecule has 0 radical (unpaired) electrons. The van der Waals surface area contributed by atoms with Gasteiger partial charge >= 0.3 is 11.9 Å². The van der Waals surface area contributed by atoms with Crippen molar-refractivity contribution in [3.8, 4) is 5.75 Å². The maximum absolute atomic E-state index is 12.0. The molecule has 2 rings (SSSR count). The molecule has 9 heteroatoms. The van der Waals surface area contributed by atoms with Gasteiger partial charge in [0.2, 0.25) is 5.91 Å². The van der Waals surface area contributed by atoms with Crippen LogP contribution in [-0.2, 0) is 20.9 Å². The Kier molecular flexibility index (Phi) is 9.55. The van der Waals surface area contributed by atoms with Gasteiger partial charge in [0.15, 0.2) is 5.78 Å². The SMILES string of the molecule is COc1ccccc1CNCC(=O)Nc1ccccc1C(C)=O.O=C(O)C(=O)O. The summed E-state index contributed by atoms with van der Waals surface area (Å²) in [5.74, 6) is -3.15. The van der Waals surface area contributed by atoms with Crippen molar-refractivity contribution in [2.45, 2.75) is 13.5 Å². The van der Waals surface area contributed by atoms with E-state index in [2.05, 4.69) is 10.6 Å². The number of amides is 1. The zero-order valence-corrected chi connectivity index (χ0v) is 16.0. The van der Waals surface area contributed by atoms with Crippen molar-refractivity contribution in [3.63, 3.8) is 0 Å². The van der Waals surface area contributed by atoms with Gasteiger partial charge < -0.3 is 25.6 Å². The molecule has 0 bridgehead atoms. The third-order valence-electron chi connectivity index (χ3n) is 3.56. The molecule has 0 spiro atoms. The van der Waals surface area contributed by atoms with Crippen LogP contribution in [0, 0.1) is 0 Å². The smallest absolute Gasteiger partial charge is 0.414 e. The Morgan fingerprint density at radius 3 is 2.10 bits per heavy atom. The van der Waals surface area contributed by atoms with E-state index in [4.69, 9.17) is 24.5 Å². The number of para-hydroxylation sites is 2. The summed E-state index contributed by atoms with van der Waals surface area (Å²) in [6, 6.07) is 14.6. The fraction of sp³-hybridized carbons (Fsp3) is 0.200. The van der Waals surface area contributed by atoms with Crippen LogP contribution in [-0.4, -0.2) is 47.5 Å². The van der Waals surface area contributed by atoms with Crippen LogP contribution in [0.3, 0.4) is 0 Å².